The Bertz CT molecular complexity index is 1290. The average Bonchev–Trinajstić information content (AvgIpc) is 3.50. The molecule has 0 spiro atoms. The van der Waals surface area contributed by atoms with Gasteiger partial charge in [0.15, 0.2) is 0 Å². The third kappa shape index (κ3) is 14.6. The van der Waals surface area contributed by atoms with Gasteiger partial charge in [-0.05, 0) is 86.2 Å². The molecule has 0 aromatic heterocycles. The van der Waals surface area contributed by atoms with E-state index >= 15 is 8.78 Å². The monoisotopic (exact) mass is 711 g/mol. The van der Waals surface area contributed by atoms with Gasteiger partial charge >= 0.3 is 12.2 Å². The summed E-state index contributed by atoms with van der Waals surface area (Å²) in [7, 11) is -0.223. The van der Waals surface area contributed by atoms with Crippen molar-refractivity contribution in [2.75, 3.05) is 20.1 Å². The molecular weight excluding hydrogens is 654 g/mol. The van der Waals surface area contributed by atoms with E-state index in [-0.39, 0.29) is 51.2 Å². The zero-order chi connectivity index (χ0) is 38.4. The van der Waals surface area contributed by atoms with Crippen LogP contribution in [0.1, 0.15) is 93.9 Å². The van der Waals surface area contributed by atoms with Crippen LogP contribution < -0.4 is 21.3 Å². The Morgan fingerprint density at radius 2 is 1.64 bits per heavy atom. The molecule has 1 aromatic rings. The predicted octanol–water partition coefficient (Wildman–Crippen LogP) is 4.27. The summed E-state index contributed by atoms with van der Waals surface area (Å²) in [6.07, 6.45) is -3.60. The van der Waals surface area contributed by atoms with Gasteiger partial charge in [-0.15, -0.1) is 0 Å². The van der Waals surface area contributed by atoms with Gasteiger partial charge in [0.05, 0.1) is 12.1 Å². The predicted molar refractivity (Wildman–Crippen MR) is 186 cm³/mol. The van der Waals surface area contributed by atoms with Crippen LogP contribution in [0.2, 0.25) is 0 Å². The largest absolute Gasteiger partial charge is 0.444 e. The number of hydrogen-bond acceptors (Lipinski definition) is 9. The van der Waals surface area contributed by atoms with Gasteiger partial charge in [-0.3, -0.25) is 25.2 Å². The van der Waals surface area contributed by atoms with Crippen molar-refractivity contribution in [2.45, 2.75) is 135 Å². The molecule has 2 rings (SSSR count). The van der Waals surface area contributed by atoms with Crippen molar-refractivity contribution in [3.63, 3.8) is 0 Å². The Balaban J connectivity index is 2.23. The molecule has 13 nitrogen and oxygen atoms in total. The lowest BCUT2D eigenvalue weighted by Gasteiger charge is -2.33. The zero-order valence-electron chi connectivity index (χ0n) is 31.3. The van der Waals surface area contributed by atoms with Gasteiger partial charge in [-0.25, -0.2) is 18.4 Å². The Morgan fingerprint density at radius 1 is 1.04 bits per heavy atom. The minimum Gasteiger partial charge on any atom is -0.444 e. The number of hydrogen-bond donors (Lipinski definition) is 5. The third-order valence-electron chi connectivity index (χ3n) is 7.57. The number of amides is 4. The molecule has 1 fully saturated rings. The number of rotatable bonds is 14. The molecule has 0 saturated carbocycles. The Hall–Kier alpha value is -3.85. The summed E-state index contributed by atoms with van der Waals surface area (Å²) in [6, 6.07) is 6.09. The molecular formula is C35H56F2N6O7. The first kappa shape index (κ1) is 40.6. The maximum atomic E-state index is 15.1. The first-order chi connectivity index (χ1) is 23.8. The second-order valence-corrected chi connectivity index (χ2v) is 14.3. The van der Waals surface area contributed by atoms with Crippen LogP contribution in [0.4, 0.5) is 18.4 Å². The second-order valence-electron chi connectivity index (χ2n) is 14.3. The molecule has 4 atom stereocenters. The molecule has 1 aliphatic heterocycles. The SMILES string of the molecule is [2H]CN[C@@H](Cc1ccccc1)C(=O)N1CCC[C@H]1C(=O)NC(CCCN=C(NC(=O)OC(C)(C)C)NC(=O)OC(C)(C)C)C(O)C(F)(F)CCC. The lowest BCUT2D eigenvalue weighted by molar-refractivity contribution is -0.145. The van der Waals surface area contributed by atoms with Gasteiger partial charge in [-0.1, -0.05) is 43.7 Å². The van der Waals surface area contributed by atoms with Crippen molar-refractivity contribution in [1.82, 2.24) is 26.2 Å². The number of nitrogens with one attached hydrogen (secondary N) is 4. The van der Waals surface area contributed by atoms with Crippen LogP contribution in [0.25, 0.3) is 0 Å². The Labute approximate surface area is 295 Å². The van der Waals surface area contributed by atoms with Crippen LogP contribution in [0.5, 0.6) is 0 Å². The van der Waals surface area contributed by atoms with Crippen molar-refractivity contribution in [1.29, 1.82) is 0 Å². The number of halogens is 2. The number of guanidine groups is 1. The normalized spacial score (nSPS) is 17.1. The lowest BCUT2D eigenvalue weighted by atomic mass is 9.96. The summed E-state index contributed by atoms with van der Waals surface area (Å²) in [5.74, 6) is -4.89. The molecule has 1 aliphatic rings. The van der Waals surface area contributed by atoms with Crippen LogP contribution in [-0.4, -0.2) is 101 Å². The lowest BCUT2D eigenvalue weighted by Crippen LogP contribution is -2.57. The fourth-order valence-corrected chi connectivity index (χ4v) is 5.38. The molecule has 5 N–H and O–H groups in total. The van der Waals surface area contributed by atoms with Crippen LogP contribution in [0, 0.1) is 0 Å². The van der Waals surface area contributed by atoms with Gasteiger partial charge < -0.3 is 30.1 Å². The van der Waals surface area contributed by atoms with E-state index in [1.54, 1.807) is 48.5 Å². The van der Waals surface area contributed by atoms with Crippen molar-refractivity contribution in [2.24, 2.45) is 4.99 Å². The van der Waals surface area contributed by atoms with Gasteiger partial charge in [0, 0.05) is 20.9 Å². The molecule has 0 bridgehead atoms. The van der Waals surface area contributed by atoms with Gasteiger partial charge in [0.1, 0.15) is 23.3 Å². The highest BCUT2D eigenvalue weighted by Crippen LogP contribution is 2.29. The number of ether oxygens (including phenoxy) is 2. The van der Waals surface area contributed by atoms with Crippen LogP contribution in [-0.2, 0) is 25.5 Å². The first-order valence-corrected chi connectivity index (χ1v) is 17.0. The van der Waals surface area contributed by atoms with Crippen molar-refractivity contribution in [3.8, 4) is 0 Å². The summed E-state index contributed by atoms with van der Waals surface area (Å²) < 4.78 is 48.2. The number of carbonyl (C=O) groups excluding carboxylic acids is 4. The van der Waals surface area contributed by atoms with Crippen molar-refractivity contribution in [3.05, 3.63) is 35.9 Å². The highest BCUT2D eigenvalue weighted by Gasteiger charge is 2.44. The minimum absolute atomic E-state index is 0.0413. The van der Waals surface area contributed by atoms with Crippen LogP contribution in [0.3, 0.4) is 0 Å². The van der Waals surface area contributed by atoms with E-state index in [0.29, 0.717) is 19.3 Å². The number of aliphatic hydroxyl groups excluding tert-OH is 1. The van der Waals surface area contributed by atoms with E-state index in [4.69, 9.17) is 10.8 Å². The smallest absolute Gasteiger partial charge is 0.414 e. The van der Waals surface area contributed by atoms with Gasteiger partial charge in [0.25, 0.3) is 5.92 Å². The van der Waals surface area contributed by atoms with Gasteiger partial charge in [-0.2, -0.15) is 0 Å². The fraction of sp³-hybridized carbons (Fsp3) is 0.686. The van der Waals surface area contributed by atoms with E-state index < -0.39 is 65.9 Å². The number of alkyl halides is 2. The number of benzene rings is 1. The molecule has 282 valence electrons. The average molecular weight is 712 g/mol. The fourth-order valence-electron chi connectivity index (χ4n) is 5.38. The minimum atomic E-state index is -3.53. The highest BCUT2D eigenvalue weighted by molar-refractivity contribution is 6.01. The summed E-state index contributed by atoms with van der Waals surface area (Å²) >= 11 is 0. The molecule has 1 saturated heterocycles. The molecule has 1 aromatic carbocycles. The first-order valence-electron chi connectivity index (χ1n) is 17.7. The topological polar surface area (TPSA) is 171 Å². The molecule has 1 heterocycles. The van der Waals surface area contributed by atoms with E-state index in [1.807, 2.05) is 30.3 Å². The number of likely N-dealkylation sites (N-methyl/N-ethyl adjacent to an activating group) is 1. The summed E-state index contributed by atoms with van der Waals surface area (Å²) in [5.41, 5.74) is -0.841. The second kappa shape index (κ2) is 18.9. The third-order valence-corrected chi connectivity index (χ3v) is 7.57. The van der Waals surface area contributed by atoms with Gasteiger partial charge in [0.2, 0.25) is 17.8 Å². The van der Waals surface area contributed by atoms with Crippen molar-refractivity contribution < 1.29 is 43.9 Å². The number of likely N-dealkylation sites (tertiary alicyclic amines) is 1. The molecule has 4 amide bonds. The van der Waals surface area contributed by atoms with Crippen LogP contribution >= 0.6 is 0 Å². The number of nitrogens with zero attached hydrogens (tertiary/aromatic N) is 2. The number of carbonyl (C=O) groups is 4. The molecule has 15 heteroatoms. The zero-order valence-corrected chi connectivity index (χ0v) is 30.3. The maximum Gasteiger partial charge on any atom is 0.414 e. The Morgan fingerprint density at radius 3 is 2.18 bits per heavy atom. The summed E-state index contributed by atoms with van der Waals surface area (Å²) in [5, 5.41) is 21.0. The van der Waals surface area contributed by atoms with Crippen LogP contribution in [0.15, 0.2) is 35.3 Å². The number of aliphatic hydroxyl groups is 1. The van der Waals surface area contributed by atoms with E-state index in [9.17, 15) is 24.3 Å². The van der Waals surface area contributed by atoms with Crippen molar-refractivity contribution >= 4 is 30.0 Å². The molecule has 2 unspecified atom stereocenters. The molecule has 50 heavy (non-hydrogen) atoms. The Kier molecular flexibility index (Phi) is 15.4. The summed E-state index contributed by atoms with van der Waals surface area (Å²) in [6.45, 7) is 11.6. The van der Waals surface area contributed by atoms with E-state index in [0.717, 1.165) is 5.56 Å². The standard InChI is InChI=1S/C35H56F2N6O7/c1-9-19-35(36,37)27(44)24(17-13-20-39-30(41-31(47)49-33(2,3)4)42-32(48)50-34(5,6)7)40-28(45)26-18-14-21-43(26)29(46)25(38-8)22-23-15-11-10-12-16-23/h10-12,15-16,24-27,38,44H,9,13-14,17-22H2,1-8H3,(H,40,45)(H2,39,41,42,47,48)/t24?,25-,26-,27?/m0/s1/i8D. The number of aliphatic imine (C=N–C) groups is 1. The van der Waals surface area contributed by atoms with E-state index in [2.05, 4.69) is 26.3 Å². The summed E-state index contributed by atoms with van der Waals surface area (Å²) in [4.78, 5) is 57.7. The highest BCUT2D eigenvalue weighted by atomic mass is 19.3. The van der Waals surface area contributed by atoms with E-state index in [1.165, 1.54) is 4.90 Å². The number of alkyl carbamates (subject to hydrolysis) is 2. The molecule has 0 radical (unpaired) electrons. The maximum absolute atomic E-state index is 15.1. The quantitative estimate of drug-likeness (QED) is 0.108. The molecule has 0 aliphatic carbocycles.